The van der Waals surface area contributed by atoms with Crippen LogP contribution in [-0.4, -0.2) is 60.3 Å². The number of nitrogens with one attached hydrogen (secondary N) is 1. The molecule has 9 nitrogen and oxygen atoms in total. The summed E-state index contributed by atoms with van der Waals surface area (Å²) >= 11 is 0. The first-order chi connectivity index (χ1) is 16.4. The Hall–Kier alpha value is -2.82. The summed E-state index contributed by atoms with van der Waals surface area (Å²) < 4.78 is 30.3. The van der Waals surface area contributed by atoms with Crippen LogP contribution in [0.15, 0.2) is 60.7 Å². The van der Waals surface area contributed by atoms with Gasteiger partial charge in [0.1, 0.15) is 24.4 Å². The number of ether oxygens (including phenoxy) is 5. The second kappa shape index (κ2) is 11.1. The minimum absolute atomic E-state index is 0.184. The SMILES string of the molecule is CC(=O)NC1C(OCc2ccccc2)OC2COC(c3ccccc3)OC2C1O[C@@H](C)C(=O)O. The molecular formula is C25H29NO8. The topological polar surface area (TPSA) is 113 Å². The third-order valence-corrected chi connectivity index (χ3v) is 5.75. The van der Waals surface area contributed by atoms with Gasteiger partial charge in [-0.3, -0.25) is 4.79 Å². The van der Waals surface area contributed by atoms with Gasteiger partial charge < -0.3 is 34.1 Å². The van der Waals surface area contributed by atoms with Crippen LogP contribution in [-0.2, 0) is 39.9 Å². The maximum Gasteiger partial charge on any atom is 0.332 e. The second-order valence-corrected chi connectivity index (χ2v) is 8.32. The second-order valence-electron chi connectivity index (χ2n) is 8.32. The van der Waals surface area contributed by atoms with Gasteiger partial charge in [0.2, 0.25) is 5.91 Å². The number of amides is 1. The minimum atomic E-state index is -1.14. The lowest BCUT2D eigenvalue weighted by Crippen LogP contribution is -2.67. The largest absolute Gasteiger partial charge is 0.479 e. The van der Waals surface area contributed by atoms with Crippen molar-refractivity contribution < 1.29 is 38.4 Å². The van der Waals surface area contributed by atoms with Crippen molar-refractivity contribution >= 4 is 11.9 Å². The highest BCUT2D eigenvalue weighted by atomic mass is 16.8. The normalized spacial score (nSPS) is 29.6. The van der Waals surface area contributed by atoms with Gasteiger partial charge in [-0.25, -0.2) is 4.79 Å². The number of carbonyl (C=O) groups excluding carboxylic acids is 1. The summed E-state index contributed by atoms with van der Waals surface area (Å²) in [5.74, 6) is -1.46. The zero-order valence-electron chi connectivity index (χ0n) is 19.0. The van der Waals surface area contributed by atoms with Crippen molar-refractivity contribution in [2.24, 2.45) is 0 Å². The summed E-state index contributed by atoms with van der Waals surface area (Å²) in [7, 11) is 0. The van der Waals surface area contributed by atoms with Crippen molar-refractivity contribution in [2.45, 2.75) is 63.5 Å². The first-order valence-corrected chi connectivity index (χ1v) is 11.2. The van der Waals surface area contributed by atoms with Crippen molar-refractivity contribution in [2.75, 3.05) is 6.61 Å². The van der Waals surface area contributed by atoms with Crippen LogP contribution in [0.25, 0.3) is 0 Å². The molecule has 2 fully saturated rings. The van der Waals surface area contributed by atoms with Gasteiger partial charge in [0, 0.05) is 12.5 Å². The number of rotatable bonds is 8. The maximum atomic E-state index is 12.1. The minimum Gasteiger partial charge on any atom is -0.479 e. The van der Waals surface area contributed by atoms with Crippen molar-refractivity contribution in [3.8, 4) is 0 Å². The van der Waals surface area contributed by atoms with Crippen LogP contribution in [0.5, 0.6) is 0 Å². The van der Waals surface area contributed by atoms with Gasteiger partial charge in [0.15, 0.2) is 18.7 Å². The van der Waals surface area contributed by atoms with Crippen LogP contribution in [0.1, 0.15) is 31.3 Å². The Morgan fingerprint density at radius 2 is 1.76 bits per heavy atom. The average Bonchev–Trinajstić information content (AvgIpc) is 2.84. The molecule has 0 bridgehead atoms. The molecular weight excluding hydrogens is 442 g/mol. The number of aliphatic carboxylic acids is 1. The fourth-order valence-corrected chi connectivity index (χ4v) is 4.09. The molecule has 7 atom stereocenters. The van der Waals surface area contributed by atoms with Crippen LogP contribution in [0.4, 0.5) is 0 Å². The van der Waals surface area contributed by atoms with Gasteiger partial charge in [0.05, 0.1) is 13.2 Å². The molecule has 0 spiro atoms. The summed E-state index contributed by atoms with van der Waals surface area (Å²) in [6.45, 7) is 3.22. The first kappa shape index (κ1) is 24.3. The van der Waals surface area contributed by atoms with Crippen molar-refractivity contribution in [3.63, 3.8) is 0 Å². The van der Waals surface area contributed by atoms with E-state index < -0.39 is 49.0 Å². The Kier molecular flexibility index (Phi) is 7.91. The number of fused-ring (bicyclic) bond motifs is 1. The number of hydrogen-bond donors (Lipinski definition) is 2. The van der Waals surface area contributed by atoms with Crippen LogP contribution < -0.4 is 5.32 Å². The van der Waals surface area contributed by atoms with Crippen LogP contribution in [0.2, 0.25) is 0 Å². The van der Waals surface area contributed by atoms with E-state index in [-0.39, 0.29) is 19.1 Å². The Morgan fingerprint density at radius 1 is 1.09 bits per heavy atom. The lowest BCUT2D eigenvalue weighted by atomic mass is 9.95. The number of hydrogen-bond acceptors (Lipinski definition) is 7. The molecule has 0 radical (unpaired) electrons. The third kappa shape index (κ3) is 5.81. The summed E-state index contributed by atoms with van der Waals surface area (Å²) in [5, 5.41) is 12.3. The van der Waals surface area contributed by atoms with Gasteiger partial charge in [-0.05, 0) is 12.5 Å². The summed E-state index contributed by atoms with van der Waals surface area (Å²) in [6.07, 6.45) is -4.87. The number of carboxylic acid groups (broad SMARTS) is 1. The molecule has 1 amide bonds. The van der Waals surface area contributed by atoms with Crippen molar-refractivity contribution in [1.29, 1.82) is 0 Å². The van der Waals surface area contributed by atoms with E-state index in [0.717, 1.165) is 11.1 Å². The Labute approximate surface area is 197 Å². The highest BCUT2D eigenvalue weighted by molar-refractivity contribution is 5.73. The molecule has 0 aliphatic carbocycles. The molecule has 4 rings (SSSR count). The van der Waals surface area contributed by atoms with E-state index in [1.165, 1.54) is 13.8 Å². The highest BCUT2D eigenvalue weighted by Gasteiger charge is 2.52. The number of benzene rings is 2. The summed E-state index contributed by atoms with van der Waals surface area (Å²) in [5.41, 5.74) is 1.73. The van der Waals surface area contributed by atoms with Gasteiger partial charge >= 0.3 is 5.97 Å². The monoisotopic (exact) mass is 471 g/mol. The van der Waals surface area contributed by atoms with Gasteiger partial charge in [0.25, 0.3) is 0 Å². The van der Waals surface area contributed by atoms with Crippen molar-refractivity contribution in [3.05, 3.63) is 71.8 Å². The first-order valence-electron chi connectivity index (χ1n) is 11.2. The Bertz CT molecular complexity index is 956. The smallest absolute Gasteiger partial charge is 0.332 e. The standard InChI is InChI=1S/C25H29NO8/c1-15(23(28)29)32-22-20(26-16(2)27)25(30-13-17-9-5-3-6-10-17)33-19-14-31-24(34-21(19)22)18-11-7-4-8-12-18/h3-12,15,19-22,24-25H,13-14H2,1-2H3,(H,26,27)(H,28,29)/t15-,19?,20?,21?,22?,24?,25?/m0/s1. The molecule has 2 N–H and O–H groups in total. The third-order valence-electron chi connectivity index (χ3n) is 5.75. The molecule has 2 aromatic carbocycles. The van der Waals surface area contributed by atoms with Gasteiger partial charge in [-0.15, -0.1) is 0 Å². The Morgan fingerprint density at radius 3 is 2.41 bits per heavy atom. The quantitative estimate of drug-likeness (QED) is 0.604. The zero-order chi connectivity index (χ0) is 24.1. The average molecular weight is 472 g/mol. The predicted octanol–water partition coefficient (Wildman–Crippen LogP) is 2.41. The van der Waals surface area contributed by atoms with Crippen molar-refractivity contribution in [1.82, 2.24) is 5.32 Å². The summed E-state index contributed by atoms with van der Waals surface area (Å²) in [6, 6.07) is 18.1. The molecule has 2 aliphatic heterocycles. The van der Waals surface area contributed by atoms with E-state index in [0.29, 0.717) is 0 Å². The lowest BCUT2D eigenvalue weighted by molar-refractivity contribution is -0.351. The lowest BCUT2D eigenvalue weighted by Gasteiger charge is -2.49. The van der Waals surface area contributed by atoms with E-state index in [2.05, 4.69) is 5.32 Å². The van der Waals surface area contributed by atoms with Crippen LogP contribution in [0, 0.1) is 0 Å². The fourth-order valence-electron chi connectivity index (χ4n) is 4.09. The molecule has 2 heterocycles. The van der Waals surface area contributed by atoms with Crippen LogP contribution >= 0.6 is 0 Å². The van der Waals surface area contributed by atoms with E-state index >= 15 is 0 Å². The highest BCUT2D eigenvalue weighted by Crippen LogP contribution is 2.36. The zero-order valence-corrected chi connectivity index (χ0v) is 19.0. The molecule has 6 unspecified atom stereocenters. The number of carbonyl (C=O) groups is 2. The molecule has 0 aromatic heterocycles. The molecule has 182 valence electrons. The van der Waals surface area contributed by atoms with E-state index in [1.54, 1.807) is 0 Å². The fraction of sp³-hybridized carbons (Fsp3) is 0.440. The van der Waals surface area contributed by atoms with E-state index in [9.17, 15) is 14.7 Å². The molecule has 0 saturated carbocycles. The van der Waals surface area contributed by atoms with Crippen LogP contribution in [0.3, 0.4) is 0 Å². The molecule has 2 aliphatic rings. The predicted molar refractivity (Wildman–Crippen MR) is 119 cm³/mol. The van der Waals surface area contributed by atoms with Gasteiger partial charge in [-0.2, -0.15) is 0 Å². The van der Waals surface area contributed by atoms with Gasteiger partial charge in [-0.1, -0.05) is 60.7 Å². The maximum absolute atomic E-state index is 12.1. The van der Waals surface area contributed by atoms with E-state index in [4.69, 9.17) is 23.7 Å². The number of carboxylic acids is 1. The van der Waals surface area contributed by atoms with E-state index in [1.807, 2.05) is 60.7 Å². The Balaban J connectivity index is 1.59. The molecule has 2 aromatic rings. The molecule has 2 saturated heterocycles. The molecule has 9 heteroatoms. The molecule has 34 heavy (non-hydrogen) atoms. The summed E-state index contributed by atoms with van der Waals surface area (Å²) in [4.78, 5) is 23.7.